The first-order valence-corrected chi connectivity index (χ1v) is 9.02. The van der Waals surface area contributed by atoms with Gasteiger partial charge in [0.05, 0.1) is 11.3 Å². The summed E-state index contributed by atoms with van der Waals surface area (Å²) >= 11 is 0. The molecule has 0 saturated heterocycles. The molecule has 0 saturated carbocycles. The number of benzene rings is 3. The van der Waals surface area contributed by atoms with Crippen LogP contribution in [0.2, 0.25) is 0 Å². The molecule has 0 amide bonds. The minimum Gasteiger partial charge on any atom is -0.438 e. The summed E-state index contributed by atoms with van der Waals surface area (Å²) in [6.07, 6.45) is 0. The summed E-state index contributed by atoms with van der Waals surface area (Å²) in [6, 6.07) is 20.1. The second-order valence-electron chi connectivity index (χ2n) is 6.91. The minimum absolute atomic E-state index is 0.0188. The summed E-state index contributed by atoms with van der Waals surface area (Å²) in [5.74, 6) is 0.225. The van der Waals surface area contributed by atoms with Gasteiger partial charge in [0.2, 0.25) is 5.88 Å². The van der Waals surface area contributed by atoms with Crippen LogP contribution in [-0.2, 0) is 0 Å². The van der Waals surface area contributed by atoms with E-state index in [2.05, 4.69) is 4.98 Å². The first-order chi connectivity index (χ1) is 14.1. The van der Waals surface area contributed by atoms with Gasteiger partial charge in [0.25, 0.3) is 0 Å². The third-order valence-electron chi connectivity index (χ3n) is 5.29. The number of halogens is 1. The van der Waals surface area contributed by atoms with Crippen LogP contribution in [0.3, 0.4) is 0 Å². The number of nitrogens with zero attached hydrogens (tertiary/aromatic N) is 2. The van der Waals surface area contributed by atoms with E-state index in [-0.39, 0.29) is 34.7 Å². The van der Waals surface area contributed by atoms with Gasteiger partial charge in [0.15, 0.2) is 0 Å². The summed E-state index contributed by atoms with van der Waals surface area (Å²) < 4.78 is 19.8. The lowest BCUT2D eigenvalue weighted by Crippen LogP contribution is -2.17. The maximum absolute atomic E-state index is 13.6. The van der Waals surface area contributed by atoms with Crippen LogP contribution < -0.4 is 16.2 Å². The van der Waals surface area contributed by atoms with E-state index in [4.69, 9.17) is 16.2 Å². The highest BCUT2D eigenvalue weighted by atomic mass is 19.1. The Hall–Kier alpha value is -4.11. The topological polar surface area (TPSA) is 98.0 Å². The number of nitrogens with two attached hydrogens (primary N) is 2. The zero-order valence-electron chi connectivity index (χ0n) is 15.2. The monoisotopic (exact) mass is 382 g/mol. The van der Waals surface area contributed by atoms with Crippen molar-refractivity contribution in [1.82, 2.24) is 4.98 Å². The quantitative estimate of drug-likeness (QED) is 0.438. The lowest BCUT2D eigenvalue weighted by Gasteiger charge is -2.30. The molecule has 0 radical (unpaired) electrons. The van der Waals surface area contributed by atoms with Gasteiger partial charge in [-0.2, -0.15) is 10.2 Å². The summed E-state index contributed by atoms with van der Waals surface area (Å²) in [6.45, 7) is 0. The molecule has 29 heavy (non-hydrogen) atoms. The lowest BCUT2D eigenvalue weighted by molar-refractivity contribution is 0.440. The van der Waals surface area contributed by atoms with Crippen LogP contribution >= 0.6 is 0 Å². The molecular weight excluding hydrogens is 367 g/mol. The second kappa shape index (κ2) is 6.21. The van der Waals surface area contributed by atoms with Gasteiger partial charge in [-0.3, -0.25) is 0 Å². The molecule has 5 nitrogen and oxygen atoms in total. The molecule has 1 atom stereocenters. The normalized spacial score (nSPS) is 14.6. The van der Waals surface area contributed by atoms with E-state index in [0.29, 0.717) is 11.3 Å². The molecule has 2 heterocycles. The third kappa shape index (κ3) is 2.48. The van der Waals surface area contributed by atoms with Crippen molar-refractivity contribution in [2.24, 2.45) is 0 Å². The number of aromatic nitrogens is 1. The SMILES string of the molecule is N#Cc1c(N)nc2c(c1N)C(c1ccc(F)cc1)c1ccc3ccccc3c1O2. The molecule has 1 aromatic heterocycles. The van der Waals surface area contributed by atoms with E-state index in [1.54, 1.807) is 12.1 Å². The predicted molar refractivity (Wildman–Crippen MR) is 109 cm³/mol. The van der Waals surface area contributed by atoms with Gasteiger partial charge < -0.3 is 16.2 Å². The summed E-state index contributed by atoms with van der Waals surface area (Å²) in [5.41, 5.74) is 14.9. The van der Waals surface area contributed by atoms with Crippen LogP contribution in [-0.4, -0.2) is 4.98 Å². The smallest absolute Gasteiger partial charge is 0.227 e. The Morgan fingerprint density at radius 3 is 2.52 bits per heavy atom. The number of nitrogen functional groups attached to an aromatic ring is 2. The fourth-order valence-electron chi connectivity index (χ4n) is 3.94. The third-order valence-corrected chi connectivity index (χ3v) is 5.29. The number of hydrogen-bond acceptors (Lipinski definition) is 5. The predicted octanol–water partition coefficient (Wildman–Crippen LogP) is 4.70. The van der Waals surface area contributed by atoms with Gasteiger partial charge in [-0.05, 0) is 23.1 Å². The van der Waals surface area contributed by atoms with Gasteiger partial charge >= 0.3 is 0 Å². The average molecular weight is 382 g/mol. The molecule has 5 rings (SSSR count). The van der Waals surface area contributed by atoms with Crippen molar-refractivity contribution in [2.45, 2.75) is 5.92 Å². The van der Waals surface area contributed by atoms with Crippen molar-refractivity contribution in [3.8, 4) is 17.7 Å². The van der Waals surface area contributed by atoms with Crippen molar-refractivity contribution < 1.29 is 9.13 Å². The van der Waals surface area contributed by atoms with Crippen LogP contribution in [0.15, 0.2) is 60.7 Å². The molecule has 0 bridgehead atoms. The molecule has 6 heteroatoms. The van der Waals surface area contributed by atoms with Gasteiger partial charge in [-0.25, -0.2) is 4.39 Å². The van der Waals surface area contributed by atoms with Gasteiger partial charge in [0.1, 0.15) is 29.0 Å². The number of anilines is 2. The maximum atomic E-state index is 13.6. The first kappa shape index (κ1) is 17.0. The molecule has 4 aromatic rings. The molecule has 4 N–H and O–H groups in total. The first-order valence-electron chi connectivity index (χ1n) is 9.02. The standard InChI is InChI=1S/C23H15FN4O/c24-14-8-5-13(6-9-14)18-16-10-7-12-3-1-2-4-15(12)21(16)29-23-19(18)20(26)17(11-25)22(27)28-23/h1-10,18H,(H4,26,27,28). The summed E-state index contributed by atoms with van der Waals surface area (Å²) in [5, 5.41) is 11.4. The molecule has 140 valence electrons. The van der Waals surface area contributed by atoms with E-state index in [1.165, 1.54) is 12.1 Å². The Morgan fingerprint density at radius 1 is 1.00 bits per heavy atom. The molecule has 1 unspecified atom stereocenters. The fourth-order valence-corrected chi connectivity index (χ4v) is 3.94. The van der Waals surface area contributed by atoms with E-state index >= 15 is 0 Å². The Labute approximate surface area is 166 Å². The molecule has 0 fully saturated rings. The summed E-state index contributed by atoms with van der Waals surface area (Å²) in [7, 11) is 0. The maximum Gasteiger partial charge on any atom is 0.227 e. The molecule has 0 aliphatic carbocycles. The highest BCUT2D eigenvalue weighted by Crippen LogP contribution is 2.52. The number of hydrogen-bond donors (Lipinski definition) is 2. The van der Waals surface area contributed by atoms with E-state index in [1.807, 2.05) is 42.5 Å². The Balaban J connectivity index is 1.87. The Kier molecular flexibility index (Phi) is 3.65. The number of rotatable bonds is 1. The van der Waals surface area contributed by atoms with Crippen molar-refractivity contribution in [1.29, 1.82) is 5.26 Å². The van der Waals surface area contributed by atoms with E-state index in [9.17, 15) is 9.65 Å². The van der Waals surface area contributed by atoms with Gasteiger partial charge in [-0.15, -0.1) is 0 Å². The largest absolute Gasteiger partial charge is 0.438 e. The number of pyridine rings is 1. The van der Waals surface area contributed by atoms with Crippen LogP contribution in [0, 0.1) is 17.1 Å². The van der Waals surface area contributed by atoms with Crippen molar-refractivity contribution in [3.63, 3.8) is 0 Å². The molecular formula is C23H15FN4O. The fraction of sp³-hybridized carbons (Fsp3) is 0.0435. The molecule has 1 aliphatic heterocycles. The van der Waals surface area contributed by atoms with Crippen LogP contribution in [0.1, 0.15) is 28.2 Å². The molecule has 3 aromatic carbocycles. The number of nitriles is 1. The molecule has 1 aliphatic rings. The second-order valence-corrected chi connectivity index (χ2v) is 6.91. The molecule has 0 spiro atoms. The zero-order chi connectivity index (χ0) is 20.1. The Morgan fingerprint density at radius 2 is 1.76 bits per heavy atom. The number of fused-ring (bicyclic) bond motifs is 4. The van der Waals surface area contributed by atoms with Crippen LogP contribution in [0.25, 0.3) is 10.8 Å². The average Bonchev–Trinajstić information content (AvgIpc) is 2.73. The minimum atomic E-state index is -0.376. The number of ether oxygens (including phenoxy) is 1. The van der Waals surface area contributed by atoms with Crippen molar-refractivity contribution in [2.75, 3.05) is 11.5 Å². The van der Waals surface area contributed by atoms with Gasteiger partial charge in [-0.1, -0.05) is 48.5 Å². The van der Waals surface area contributed by atoms with Crippen molar-refractivity contribution in [3.05, 3.63) is 88.7 Å². The van der Waals surface area contributed by atoms with Crippen molar-refractivity contribution >= 4 is 22.3 Å². The van der Waals surface area contributed by atoms with Crippen LogP contribution in [0.5, 0.6) is 11.6 Å². The van der Waals surface area contributed by atoms with Gasteiger partial charge in [0, 0.05) is 16.9 Å². The van der Waals surface area contributed by atoms with Crippen LogP contribution in [0.4, 0.5) is 15.9 Å². The lowest BCUT2D eigenvalue weighted by atomic mass is 9.81. The highest BCUT2D eigenvalue weighted by molar-refractivity contribution is 5.91. The van der Waals surface area contributed by atoms with E-state index < -0.39 is 0 Å². The van der Waals surface area contributed by atoms with E-state index in [0.717, 1.165) is 21.9 Å². The Bertz CT molecular complexity index is 1330. The zero-order valence-corrected chi connectivity index (χ0v) is 15.2. The summed E-state index contributed by atoms with van der Waals surface area (Å²) in [4.78, 5) is 4.32. The highest BCUT2D eigenvalue weighted by Gasteiger charge is 2.34.